The first kappa shape index (κ1) is 42.3. The topological polar surface area (TPSA) is 47.9 Å². The summed E-state index contributed by atoms with van der Waals surface area (Å²) in [5.41, 5.74) is -2.65. The molecule has 0 atom stereocenters. The minimum absolute atomic E-state index is 0. The third kappa shape index (κ3) is 15.5. The van der Waals surface area contributed by atoms with Crippen molar-refractivity contribution in [3.8, 4) is 0 Å². The molecule has 0 unspecified atom stereocenters. The molecule has 0 aromatic heterocycles. The average molecular weight is 637 g/mol. The number of hydrogen-bond donors (Lipinski definition) is 1. The predicted molar refractivity (Wildman–Crippen MR) is 178 cm³/mol. The molecule has 1 heterocycles. The molecule has 7 heteroatoms. The summed E-state index contributed by atoms with van der Waals surface area (Å²) in [6.45, 7) is 20.5. The van der Waals surface area contributed by atoms with E-state index in [2.05, 4.69) is 48.7 Å². The molecule has 0 aromatic rings. The van der Waals surface area contributed by atoms with Crippen LogP contribution in [0.25, 0.3) is 0 Å². The summed E-state index contributed by atoms with van der Waals surface area (Å²) < 4.78 is 21.0. The van der Waals surface area contributed by atoms with Crippen molar-refractivity contribution in [1.29, 1.82) is 0 Å². The lowest BCUT2D eigenvalue weighted by Gasteiger charge is -2.42. The van der Waals surface area contributed by atoms with Gasteiger partial charge in [-0.1, -0.05) is 96.8 Å². The first-order valence-corrected chi connectivity index (χ1v) is 19.5. The highest BCUT2D eigenvalue weighted by atomic mass is 35.5. The van der Waals surface area contributed by atoms with Gasteiger partial charge < -0.3 is 35.3 Å². The van der Waals surface area contributed by atoms with Gasteiger partial charge in [-0.3, -0.25) is 0 Å². The Morgan fingerprint density at radius 1 is 0.619 bits per heavy atom. The second kappa shape index (κ2) is 19.1. The van der Waals surface area contributed by atoms with Crippen LogP contribution < -0.4 is 12.4 Å². The minimum Gasteiger partial charge on any atom is -1.00 e. The molecule has 0 saturated carbocycles. The van der Waals surface area contributed by atoms with E-state index in [0.717, 1.165) is 23.5 Å². The molecule has 5 nitrogen and oxygen atoms in total. The zero-order valence-corrected chi connectivity index (χ0v) is 31.9. The fraction of sp³-hybridized carbons (Fsp3) is 1.00. The molecular formula is C35H74ClNO4Si. The van der Waals surface area contributed by atoms with E-state index < -0.39 is 31.2 Å². The Morgan fingerprint density at radius 2 is 0.952 bits per heavy atom. The van der Waals surface area contributed by atoms with E-state index in [0.29, 0.717) is 0 Å². The van der Waals surface area contributed by atoms with Crippen LogP contribution in [0.5, 0.6) is 0 Å². The van der Waals surface area contributed by atoms with E-state index in [1.165, 1.54) is 109 Å². The van der Waals surface area contributed by atoms with Gasteiger partial charge in [-0.15, -0.1) is 0 Å². The number of rotatable bonds is 24. The van der Waals surface area contributed by atoms with E-state index in [9.17, 15) is 5.11 Å². The van der Waals surface area contributed by atoms with Crippen molar-refractivity contribution in [1.82, 2.24) is 0 Å². The van der Waals surface area contributed by atoms with Gasteiger partial charge >= 0.3 is 8.80 Å². The molecule has 0 aromatic carbocycles. The number of nitrogens with zero attached hydrogens (tertiary/aromatic N) is 1. The molecule has 0 radical (unpaired) electrons. The molecule has 1 N–H and O–H groups in total. The van der Waals surface area contributed by atoms with Gasteiger partial charge in [0, 0.05) is 12.5 Å². The molecule has 254 valence electrons. The maximum atomic E-state index is 10.8. The average Bonchev–Trinajstić information content (AvgIpc) is 2.99. The van der Waals surface area contributed by atoms with Gasteiger partial charge in [-0.25, -0.2) is 0 Å². The smallest absolute Gasteiger partial charge is 0.502 e. The van der Waals surface area contributed by atoms with Crippen LogP contribution in [0.4, 0.5) is 0 Å². The Hall–Kier alpha value is 0.307. The number of unbranched alkanes of at least 4 members (excludes halogenated alkanes) is 15. The molecule has 0 amide bonds. The summed E-state index contributed by atoms with van der Waals surface area (Å²) in [5, 5.41) is 10.8. The minimum atomic E-state index is -2.99. The van der Waals surface area contributed by atoms with Crippen molar-refractivity contribution in [3.63, 3.8) is 0 Å². The monoisotopic (exact) mass is 636 g/mol. The highest BCUT2D eigenvalue weighted by Gasteiger charge is 2.63. The van der Waals surface area contributed by atoms with Crippen molar-refractivity contribution < 1.29 is 35.3 Å². The van der Waals surface area contributed by atoms with Crippen LogP contribution in [0.3, 0.4) is 0 Å². The molecule has 42 heavy (non-hydrogen) atoms. The highest BCUT2D eigenvalue weighted by molar-refractivity contribution is 6.61. The number of halogens is 1. The van der Waals surface area contributed by atoms with Crippen molar-refractivity contribution in [2.24, 2.45) is 0 Å². The van der Waals surface area contributed by atoms with E-state index in [1.54, 1.807) is 13.8 Å². The number of quaternary nitrogens is 1. The van der Waals surface area contributed by atoms with Gasteiger partial charge in [-0.2, -0.15) is 0 Å². The lowest BCUT2D eigenvalue weighted by atomic mass is 9.90. The summed E-state index contributed by atoms with van der Waals surface area (Å²) in [5.74, 6) is 0. The first-order valence-electron chi connectivity index (χ1n) is 17.5. The van der Waals surface area contributed by atoms with Gasteiger partial charge in [0.1, 0.15) is 0 Å². The summed E-state index contributed by atoms with van der Waals surface area (Å²) in [7, 11) is 1.71. The molecule has 0 spiro atoms. The zero-order chi connectivity index (χ0) is 31.3. The lowest BCUT2D eigenvalue weighted by Crippen LogP contribution is -3.00. The van der Waals surface area contributed by atoms with Crippen LogP contribution in [0.1, 0.15) is 171 Å². The van der Waals surface area contributed by atoms with E-state index in [-0.39, 0.29) is 12.4 Å². The Morgan fingerprint density at radius 3 is 1.31 bits per heavy atom. The fourth-order valence-corrected chi connectivity index (χ4v) is 9.77. The Bertz CT molecular complexity index is 690. The summed E-state index contributed by atoms with van der Waals surface area (Å²) in [6.07, 6.45) is 23.6. The van der Waals surface area contributed by atoms with E-state index in [4.69, 9.17) is 13.3 Å². The molecular weight excluding hydrogens is 562 g/mol. The van der Waals surface area contributed by atoms with E-state index >= 15 is 0 Å². The summed E-state index contributed by atoms with van der Waals surface area (Å²) in [4.78, 5) is 0. The van der Waals surface area contributed by atoms with Gasteiger partial charge in [0.2, 0.25) is 0 Å². The number of aliphatic hydroxyl groups is 1. The Labute approximate surface area is 270 Å². The summed E-state index contributed by atoms with van der Waals surface area (Å²) >= 11 is 0. The second-order valence-corrected chi connectivity index (χ2v) is 18.3. The normalized spacial score (nSPS) is 18.3. The van der Waals surface area contributed by atoms with Crippen LogP contribution >= 0.6 is 0 Å². The van der Waals surface area contributed by atoms with E-state index in [1.807, 2.05) is 13.8 Å². The van der Waals surface area contributed by atoms with Crippen LogP contribution in [-0.4, -0.2) is 68.0 Å². The fourth-order valence-electron chi connectivity index (χ4n) is 5.68. The molecule has 1 saturated heterocycles. The van der Waals surface area contributed by atoms with Crippen LogP contribution in [0.2, 0.25) is 6.04 Å². The molecule has 1 aliphatic rings. The molecule has 1 rings (SSSR count). The third-order valence-corrected chi connectivity index (χ3v) is 13.4. The zero-order valence-electron chi connectivity index (χ0n) is 30.1. The lowest BCUT2D eigenvalue weighted by molar-refractivity contribution is -0.890. The van der Waals surface area contributed by atoms with Gasteiger partial charge in [0.05, 0.1) is 49.6 Å². The quantitative estimate of drug-likeness (QED) is 0.0718. The van der Waals surface area contributed by atoms with Crippen LogP contribution in [0, 0.1) is 0 Å². The maximum Gasteiger partial charge on any atom is 0.502 e. The SMILES string of the molecule is CCCCCCCCCCCCCCCCCC[N+](C)(C)CCC[Si]1(OC(C)(C)C(C)(C)O)OC(C)(C)C(C)(C)O1.[Cl-]. The predicted octanol–water partition coefficient (Wildman–Crippen LogP) is 6.83. The standard InChI is InChI=1S/C35H74NO4Si.ClH/c1-12-13-14-15-16-17-18-19-20-21-22-23-24-25-26-27-29-36(10,11)30-28-31-41(38-33(4,5)32(2,3)37)39-34(6,7)35(8,9)40-41;/h37H,12-31H2,1-11H3;1H/q+1;/p-1. The largest absolute Gasteiger partial charge is 1.00 e. The van der Waals surface area contributed by atoms with Gasteiger partial charge in [0.25, 0.3) is 0 Å². The van der Waals surface area contributed by atoms with Gasteiger partial charge in [-0.05, 0) is 68.2 Å². The summed E-state index contributed by atoms with van der Waals surface area (Å²) in [6, 6.07) is 0.778. The molecule has 0 aliphatic carbocycles. The van der Waals surface area contributed by atoms with Crippen molar-refractivity contribution in [2.45, 2.75) is 200 Å². The highest BCUT2D eigenvalue weighted by Crippen LogP contribution is 2.46. The molecule has 0 bridgehead atoms. The Balaban J connectivity index is 0.0000168. The van der Waals surface area contributed by atoms with Crippen LogP contribution in [-0.2, 0) is 13.3 Å². The van der Waals surface area contributed by atoms with Gasteiger partial charge in [0.15, 0.2) is 0 Å². The van der Waals surface area contributed by atoms with Crippen molar-refractivity contribution >= 4 is 8.80 Å². The molecule has 1 fully saturated rings. The maximum absolute atomic E-state index is 10.8. The Kier molecular flexibility index (Phi) is 19.2. The van der Waals surface area contributed by atoms with Crippen molar-refractivity contribution in [3.05, 3.63) is 0 Å². The van der Waals surface area contributed by atoms with Crippen LogP contribution in [0.15, 0.2) is 0 Å². The molecule has 1 aliphatic heterocycles. The second-order valence-electron chi connectivity index (χ2n) is 15.9. The van der Waals surface area contributed by atoms with Crippen molar-refractivity contribution in [2.75, 3.05) is 27.2 Å². The third-order valence-electron chi connectivity index (χ3n) is 10.0. The first-order chi connectivity index (χ1) is 18.9. The number of hydrogen-bond acceptors (Lipinski definition) is 4.